The van der Waals surface area contributed by atoms with Crippen LogP contribution in [0.15, 0.2) is 58.3 Å². The fourth-order valence-corrected chi connectivity index (χ4v) is 6.91. The number of carboxylic acid groups (broad SMARTS) is 2. The standard InChI is InChI=1S/C14H10Cl2O4S2/c15-22(16,12-8-4-2-6-10(12)14(19)20)21-11-7-3-1-5-9(11)13(17)18/h1-8H,(H,17,18)(H,19,20). The van der Waals surface area contributed by atoms with Crippen molar-refractivity contribution in [1.82, 2.24) is 0 Å². The summed E-state index contributed by atoms with van der Waals surface area (Å²) < 4.78 is 0. The predicted octanol–water partition coefficient (Wildman–Crippen LogP) is 5.26. The van der Waals surface area contributed by atoms with Gasteiger partial charge in [0.25, 0.3) is 0 Å². The van der Waals surface area contributed by atoms with Gasteiger partial charge in [-0.1, -0.05) is 24.3 Å². The van der Waals surface area contributed by atoms with Crippen LogP contribution in [0.2, 0.25) is 0 Å². The van der Waals surface area contributed by atoms with Gasteiger partial charge in [-0.05, 0) is 63.9 Å². The van der Waals surface area contributed by atoms with Crippen LogP contribution in [0.25, 0.3) is 0 Å². The Morgan fingerprint density at radius 2 is 1.36 bits per heavy atom. The van der Waals surface area contributed by atoms with E-state index in [1.165, 1.54) is 18.2 Å². The molecule has 2 aromatic rings. The number of carbonyl (C=O) groups is 2. The number of benzene rings is 2. The summed E-state index contributed by atoms with van der Waals surface area (Å²) in [4.78, 5) is 23.2. The summed E-state index contributed by atoms with van der Waals surface area (Å²) in [5.74, 6) is -2.24. The van der Waals surface area contributed by atoms with E-state index in [-0.39, 0.29) is 16.0 Å². The van der Waals surface area contributed by atoms with E-state index in [0.717, 1.165) is 10.8 Å². The van der Waals surface area contributed by atoms with Crippen molar-refractivity contribution in [3.63, 3.8) is 0 Å². The summed E-state index contributed by atoms with van der Waals surface area (Å²) in [6, 6.07) is 12.5. The van der Waals surface area contributed by atoms with E-state index in [1.54, 1.807) is 30.3 Å². The lowest BCUT2D eigenvalue weighted by atomic mass is 10.2. The van der Waals surface area contributed by atoms with Gasteiger partial charge in [-0.25, -0.2) is 9.59 Å². The maximum Gasteiger partial charge on any atom is 0.336 e. The Balaban J connectivity index is 2.45. The van der Waals surface area contributed by atoms with Gasteiger partial charge in [-0.15, -0.1) is 0 Å². The number of hydrogen-bond donors (Lipinski definition) is 2. The molecular weight excluding hydrogens is 367 g/mol. The third-order valence-electron chi connectivity index (χ3n) is 2.69. The minimum Gasteiger partial charge on any atom is -0.478 e. The first-order valence-corrected chi connectivity index (χ1v) is 10.5. The van der Waals surface area contributed by atoms with Crippen molar-refractivity contribution in [3.8, 4) is 0 Å². The van der Waals surface area contributed by atoms with Crippen molar-refractivity contribution in [2.45, 2.75) is 9.79 Å². The molecule has 22 heavy (non-hydrogen) atoms. The molecule has 0 amide bonds. The first-order valence-electron chi connectivity index (χ1n) is 5.89. The molecule has 0 aliphatic rings. The van der Waals surface area contributed by atoms with E-state index in [9.17, 15) is 19.8 Å². The summed E-state index contributed by atoms with van der Waals surface area (Å²) >= 11 is 0. The van der Waals surface area contributed by atoms with Gasteiger partial charge in [-0.3, -0.25) is 0 Å². The Kier molecular flexibility index (Phi) is 5.28. The molecule has 0 aliphatic carbocycles. The van der Waals surface area contributed by atoms with Gasteiger partial charge < -0.3 is 10.2 Å². The van der Waals surface area contributed by atoms with Gasteiger partial charge in [-0.2, -0.15) is 0 Å². The van der Waals surface area contributed by atoms with E-state index < -0.39 is 19.4 Å². The van der Waals surface area contributed by atoms with Crippen LogP contribution in [0.3, 0.4) is 0 Å². The highest BCUT2D eigenvalue weighted by atomic mass is 36.0. The van der Waals surface area contributed by atoms with Crippen LogP contribution in [-0.2, 0) is 0 Å². The molecule has 0 unspecified atom stereocenters. The monoisotopic (exact) mass is 376 g/mol. The molecule has 0 radical (unpaired) electrons. The van der Waals surface area contributed by atoms with Gasteiger partial charge in [0.15, 0.2) is 0 Å². The quantitative estimate of drug-likeness (QED) is 0.695. The van der Waals surface area contributed by atoms with Crippen molar-refractivity contribution in [1.29, 1.82) is 0 Å². The van der Waals surface area contributed by atoms with Crippen molar-refractivity contribution in [3.05, 3.63) is 59.7 Å². The van der Waals surface area contributed by atoms with Gasteiger partial charge >= 0.3 is 11.9 Å². The van der Waals surface area contributed by atoms with Crippen LogP contribution in [0.1, 0.15) is 20.7 Å². The van der Waals surface area contributed by atoms with E-state index in [2.05, 4.69) is 0 Å². The zero-order valence-electron chi connectivity index (χ0n) is 10.9. The third kappa shape index (κ3) is 3.70. The molecule has 0 aliphatic heterocycles. The molecule has 0 spiro atoms. The molecule has 0 saturated carbocycles. The number of aromatic carboxylic acids is 2. The Hall–Kier alpha value is -1.34. The van der Waals surface area contributed by atoms with Gasteiger partial charge in [0, 0.05) is 9.79 Å². The number of halogens is 2. The lowest BCUT2D eigenvalue weighted by Gasteiger charge is -2.26. The molecular formula is C14H10Cl2O4S2. The molecule has 0 fully saturated rings. The second kappa shape index (κ2) is 6.83. The lowest BCUT2D eigenvalue weighted by molar-refractivity contribution is 0.0682. The smallest absolute Gasteiger partial charge is 0.336 e. The Morgan fingerprint density at radius 1 is 0.864 bits per heavy atom. The topological polar surface area (TPSA) is 74.6 Å². The largest absolute Gasteiger partial charge is 0.478 e. The van der Waals surface area contributed by atoms with Gasteiger partial charge in [0.05, 0.1) is 11.1 Å². The van der Waals surface area contributed by atoms with E-state index in [4.69, 9.17) is 21.4 Å². The second-order valence-electron chi connectivity index (χ2n) is 4.11. The SMILES string of the molecule is O=C(O)c1ccccc1SS(Cl)(Cl)c1ccccc1C(=O)O. The molecule has 2 rings (SSSR count). The van der Waals surface area contributed by atoms with Gasteiger partial charge in [0.2, 0.25) is 0 Å². The number of carboxylic acids is 2. The maximum atomic E-state index is 11.3. The Morgan fingerprint density at radius 3 is 1.95 bits per heavy atom. The lowest BCUT2D eigenvalue weighted by Crippen LogP contribution is -2.01. The summed E-state index contributed by atoms with van der Waals surface area (Å²) in [5, 5.41) is 18.4. The fraction of sp³-hybridized carbons (Fsp3) is 0. The summed E-state index contributed by atoms with van der Waals surface area (Å²) in [6.45, 7) is 0. The average Bonchev–Trinajstić information content (AvgIpc) is 2.47. The first kappa shape index (κ1) is 17.0. The maximum absolute atomic E-state index is 11.3. The molecule has 0 saturated heterocycles. The van der Waals surface area contributed by atoms with Crippen molar-refractivity contribution in [2.24, 2.45) is 0 Å². The normalized spacial score (nSPS) is 11.9. The highest BCUT2D eigenvalue weighted by Crippen LogP contribution is 2.77. The third-order valence-corrected chi connectivity index (χ3v) is 8.13. The van der Waals surface area contributed by atoms with Crippen molar-refractivity contribution < 1.29 is 19.8 Å². The molecule has 8 heteroatoms. The molecule has 116 valence electrons. The summed E-state index contributed by atoms with van der Waals surface area (Å²) in [7, 11) is 11.1. The minimum atomic E-state index is -2.63. The van der Waals surface area contributed by atoms with E-state index >= 15 is 0 Å². The van der Waals surface area contributed by atoms with Crippen LogP contribution in [-0.4, -0.2) is 22.2 Å². The molecule has 0 heterocycles. The fourth-order valence-electron chi connectivity index (χ4n) is 1.72. The first-order chi connectivity index (χ1) is 10.3. The minimum absolute atomic E-state index is 0.00260. The molecule has 4 nitrogen and oxygen atoms in total. The van der Waals surface area contributed by atoms with Crippen LogP contribution < -0.4 is 0 Å². The second-order valence-corrected chi connectivity index (χ2v) is 12.3. The summed E-state index contributed by atoms with van der Waals surface area (Å²) in [6.07, 6.45) is 0. The molecule has 0 atom stereocenters. The van der Waals surface area contributed by atoms with Crippen LogP contribution >= 0.6 is 39.6 Å². The van der Waals surface area contributed by atoms with E-state index in [0.29, 0.717) is 4.90 Å². The zero-order chi connectivity index (χ0) is 16.3. The van der Waals surface area contributed by atoms with Crippen LogP contribution in [0, 0.1) is 0 Å². The molecule has 0 aromatic heterocycles. The van der Waals surface area contributed by atoms with Crippen LogP contribution in [0.5, 0.6) is 0 Å². The highest BCUT2D eigenvalue weighted by Gasteiger charge is 2.29. The average molecular weight is 377 g/mol. The molecule has 2 aromatic carbocycles. The predicted molar refractivity (Wildman–Crippen MR) is 90.2 cm³/mol. The number of rotatable bonds is 5. The van der Waals surface area contributed by atoms with Gasteiger partial charge in [0.1, 0.15) is 0 Å². The van der Waals surface area contributed by atoms with Crippen LogP contribution in [0.4, 0.5) is 0 Å². The summed E-state index contributed by atoms with van der Waals surface area (Å²) in [5.41, 5.74) is 0.0706. The molecule has 0 bridgehead atoms. The zero-order valence-corrected chi connectivity index (χ0v) is 14.0. The van der Waals surface area contributed by atoms with E-state index in [1.807, 2.05) is 0 Å². The van der Waals surface area contributed by atoms with Crippen molar-refractivity contribution >= 4 is 51.6 Å². The Labute approximate surface area is 140 Å². The molecule has 2 N–H and O–H groups in total. The highest BCUT2D eigenvalue weighted by molar-refractivity contribution is 9.11. The van der Waals surface area contributed by atoms with Crippen molar-refractivity contribution in [2.75, 3.05) is 0 Å². The number of hydrogen-bond acceptors (Lipinski definition) is 3. The Bertz CT molecular complexity index is 734.